The van der Waals surface area contributed by atoms with E-state index in [-0.39, 0.29) is 0 Å². The van der Waals surface area contributed by atoms with Gasteiger partial charge in [-0.15, -0.1) is 0 Å². The molecule has 0 spiro atoms. The van der Waals surface area contributed by atoms with E-state index < -0.39 is 0 Å². The predicted molar refractivity (Wildman–Crippen MR) is 64.0 cm³/mol. The lowest BCUT2D eigenvalue weighted by atomic mass is 9.94. The maximum Gasteiger partial charge on any atom is 0.0303 e. The SMILES string of the molecule is NCC(Cc1cccnc1)c1cccnc1. The maximum atomic E-state index is 5.80. The zero-order valence-corrected chi connectivity index (χ0v) is 9.08. The van der Waals surface area contributed by atoms with E-state index in [0.29, 0.717) is 12.5 Å². The number of aromatic nitrogens is 2. The van der Waals surface area contributed by atoms with E-state index in [1.54, 1.807) is 12.4 Å². The molecule has 1 atom stereocenters. The van der Waals surface area contributed by atoms with Crippen LogP contribution in [0.1, 0.15) is 17.0 Å². The van der Waals surface area contributed by atoms with Gasteiger partial charge in [-0.25, -0.2) is 0 Å². The van der Waals surface area contributed by atoms with Crippen molar-refractivity contribution < 1.29 is 0 Å². The summed E-state index contributed by atoms with van der Waals surface area (Å²) >= 11 is 0. The summed E-state index contributed by atoms with van der Waals surface area (Å²) in [7, 11) is 0. The van der Waals surface area contributed by atoms with Crippen molar-refractivity contribution in [1.82, 2.24) is 9.97 Å². The van der Waals surface area contributed by atoms with Crippen LogP contribution < -0.4 is 5.73 Å². The Hall–Kier alpha value is -1.74. The number of rotatable bonds is 4. The Morgan fingerprint density at radius 2 is 1.81 bits per heavy atom. The first-order valence-corrected chi connectivity index (χ1v) is 5.39. The molecule has 2 aromatic heterocycles. The molecule has 2 N–H and O–H groups in total. The van der Waals surface area contributed by atoms with E-state index in [1.165, 1.54) is 11.1 Å². The molecular weight excluding hydrogens is 198 g/mol. The van der Waals surface area contributed by atoms with Crippen LogP contribution in [0, 0.1) is 0 Å². The molecule has 0 saturated heterocycles. The van der Waals surface area contributed by atoms with Gasteiger partial charge in [0.15, 0.2) is 0 Å². The fourth-order valence-corrected chi connectivity index (χ4v) is 1.76. The summed E-state index contributed by atoms with van der Waals surface area (Å²) in [6.07, 6.45) is 8.25. The summed E-state index contributed by atoms with van der Waals surface area (Å²) in [5, 5.41) is 0. The molecule has 3 heteroatoms. The van der Waals surface area contributed by atoms with Gasteiger partial charge in [-0.05, 0) is 36.2 Å². The quantitative estimate of drug-likeness (QED) is 0.842. The average molecular weight is 213 g/mol. The zero-order valence-electron chi connectivity index (χ0n) is 9.08. The summed E-state index contributed by atoms with van der Waals surface area (Å²) in [6.45, 7) is 0.626. The third kappa shape index (κ3) is 2.64. The molecular formula is C13H15N3. The van der Waals surface area contributed by atoms with E-state index in [0.717, 1.165) is 6.42 Å². The third-order valence-corrected chi connectivity index (χ3v) is 2.65. The Balaban J connectivity index is 2.13. The molecule has 0 aliphatic heterocycles. The molecule has 2 heterocycles. The van der Waals surface area contributed by atoms with Gasteiger partial charge in [0.2, 0.25) is 0 Å². The van der Waals surface area contributed by atoms with Gasteiger partial charge in [0.25, 0.3) is 0 Å². The van der Waals surface area contributed by atoms with E-state index in [9.17, 15) is 0 Å². The number of hydrogen-bond acceptors (Lipinski definition) is 3. The summed E-state index contributed by atoms with van der Waals surface area (Å²) in [6, 6.07) is 8.04. The second-order valence-electron chi connectivity index (χ2n) is 3.78. The first-order chi connectivity index (χ1) is 7.90. The summed E-state index contributed by atoms with van der Waals surface area (Å²) < 4.78 is 0. The van der Waals surface area contributed by atoms with E-state index in [1.807, 2.05) is 24.5 Å². The van der Waals surface area contributed by atoms with E-state index in [4.69, 9.17) is 5.73 Å². The van der Waals surface area contributed by atoms with Crippen molar-refractivity contribution in [2.24, 2.45) is 5.73 Å². The van der Waals surface area contributed by atoms with Crippen molar-refractivity contribution in [1.29, 1.82) is 0 Å². The summed E-state index contributed by atoms with van der Waals surface area (Å²) in [5.41, 5.74) is 8.20. The van der Waals surface area contributed by atoms with Crippen molar-refractivity contribution in [3.63, 3.8) is 0 Å². The number of hydrogen-bond donors (Lipinski definition) is 1. The fraction of sp³-hybridized carbons (Fsp3) is 0.231. The Labute approximate surface area is 95.4 Å². The molecule has 0 aliphatic rings. The molecule has 0 fully saturated rings. The summed E-state index contributed by atoms with van der Waals surface area (Å²) in [5.74, 6) is 0.317. The van der Waals surface area contributed by atoms with Crippen molar-refractivity contribution in [2.75, 3.05) is 6.54 Å². The third-order valence-electron chi connectivity index (χ3n) is 2.65. The lowest BCUT2D eigenvalue weighted by molar-refractivity contribution is 0.689. The topological polar surface area (TPSA) is 51.8 Å². The van der Waals surface area contributed by atoms with Crippen LogP contribution in [-0.4, -0.2) is 16.5 Å². The molecule has 16 heavy (non-hydrogen) atoms. The smallest absolute Gasteiger partial charge is 0.0303 e. The highest BCUT2D eigenvalue weighted by atomic mass is 14.6. The van der Waals surface area contributed by atoms with Gasteiger partial charge >= 0.3 is 0 Å². The van der Waals surface area contributed by atoms with Crippen LogP contribution in [0.15, 0.2) is 49.1 Å². The van der Waals surface area contributed by atoms with Crippen LogP contribution >= 0.6 is 0 Å². The Kier molecular flexibility index (Phi) is 3.62. The molecule has 0 aliphatic carbocycles. The maximum absolute atomic E-state index is 5.80. The standard InChI is InChI=1S/C13H15N3/c14-8-13(12-4-2-6-16-10-12)7-11-3-1-5-15-9-11/h1-6,9-10,13H,7-8,14H2. The molecule has 0 aromatic carbocycles. The van der Waals surface area contributed by atoms with Crippen molar-refractivity contribution >= 4 is 0 Å². The molecule has 0 saturated carbocycles. The minimum atomic E-state index is 0.317. The molecule has 0 amide bonds. The first-order valence-electron chi connectivity index (χ1n) is 5.39. The van der Waals surface area contributed by atoms with E-state index >= 15 is 0 Å². The van der Waals surface area contributed by atoms with Crippen molar-refractivity contribution in [3.05, 3.63) is 60.2 Å². The lowest BCUT2D eigenvalue weighted by Gasteiger charge is -2.14. The van der Waals surface area contributed by atoms with Crippen LogP contribution in [0.4, 0.5) is 0 Å². The second-order valence-corrected chi connectivity index (χ2v) is 3.78. The van der Waals surface area contributed by atoms with Crippen LogP contribution in [0.2, 0.25) is 0 Å². The number of nitrogens with zero attached hydrogens (tertiary/aromatic N) is 2. The Morgan fingerprint density at radius 3 is 2.38 bits per heavy atom. The monoisotopic (exact) mass is 213 g/mol. The highest BCUT2D eigenvalue weighted by Gasteiger charge is 2.10. The van der Waals surface area contributed by atoms with Gasteiger partial charge in [0.05, 0.1) is 0 Å². The Bertz CT molecular complexity index is 414. The number of pyridine rings is 2. The minimum Gasteiger partial charge on any atom is -0.330 e. The van der Waals surface area contributed by atoms with Gasteiger partial charge in [-0.2, -0.15) is 0 Å². The normalized spacial score (nSPS) is 12.3. The molecule has 2 aromatic rings. The molecule has 0 radical (unpaired) electrons. The van der Waals surface area contributed by atoms with Crippen molar-refractivity contribution in [2.45, 2.75) is 12.3 Å². The highest BCUT2D eigenvalue weighted by molar-refractivity contribution is 5.20. The molecule has 2 rings (SSSR count). The van der Waals surface area contributed by atoms with Gasteiger partial charge in [0.1, 0.15) is 0 Å². The molecule has 82 valence electrons. The molecule has 0 bridgehead atoms. The van der Waals surface area contributed by atoms with E-state index in [2.05, 4.69) is 22.1 Å². The van der Waals surface area contributed by atoms with Crippen LogP contribution in [0.5, 0.6) is 0 Å². The Morgan fingerprint density at radius 1 is 1.06 bits per heavy atom. The lowest BCUT2D eigenvalue weighted by Crippen LogP contribution is -2.15. The van der Waals surface area contributed by atoms with Gasteiger partial charge in [0, 0.05) is 30.7 Å². The van der Waals surface area contributed by atoms with Crippen molar-refractivity contribution in [3.8, 4) is 0 Å². The largest absolute Gasteiger partial charge is 0.330 e. The van der Waals surface area contributed by atoms with Crippen LogP contribution in [-0.2, 0) is 6.42 Å². The molecule has 1 unspecified atom stereocenters. The van der Waals surface area contributed by atoms with Gasteiger partial charge < -0.3 is 5.73 Å². The average Bonchev–Trinajstić information content (AvgIpc) is 2.38. The predicted octanol–water partition coefficient (Wildman–Crippen LogP) is 1.76. The minimum absolute atomic E-state index is 0.317. The number of nitrogens with two attached hydrogens (primary N) is 1. The van der Waals surface area contributed by atoms with Crippen LogP contribution in [0.25, 0.3) is 0 Å². The van der Waals surface area contributed by atoms with Gasteiger partial charge in [-0.1, -0.05) is 12.1 Å². The molecule has 3 nitrogen and oxygen atoms in total. The highest BCUT2D eigenvalue weighted by Crippen LogP contribution is 2.18. The fourth-order valence-electron chi connectivity index (χ4n) is 1.76. The second kappa shape index (κ2) is 5.37. The first kappa shape index (κ1) is 10.8. The van der Waals surface area contributed by atoms with Crippen LogP contribution in [0.3, 0.4) is 0 Å². The zero-order chi connectivity index (χ0) is 11.2. The summed E-state index contributed by atoms with van der Waals surface area (Å²) in [4.78, 5) is 8.23. The van der Waals surface area contributed by atoms with Gasteiger partial charge in [-0.3, -0.25) is 9.97 Å².